The minimum Gasteiger partial charge on any atom is -0.480 e. The fourth-order valence-electron chi connectivity index (χ4n) is 0.839. The lowest BCUT2D eigenvalue weighted by atomic mass is 10.1. The van der Waals surface area contributed by atoms with Gasteiger partial charge in [0.15, 0.2) is 0 Å². The average molecular weight is 243 g/mol. The number of hydrogen-bond acceptors (Lipinski definition) is 3. The maximum absolute atomic E-state index is 11.6. The highest BCUT2D eigenvalue weighted by atomic mass is 19.4. The van der Waals surface area contributed by atoms with Crippen molar-refractivity contribution in [3.05, 3.63) is 0 Å². The third-order valence-corrected chi connectivity index (χ3v) is 1.83. The van der Waals surface area contributed by atoms with Gasteiger partial charge in [-0.05, 0) is 26.8 Å². The van der Waals surface area contributed by atoms with Crippen molar-refractivity contribution in [3.8, 4) is 0 Å². The molecular weight excluding hydrogens is 227 g/mol. The van der Waals surface area contributed by atoms with Gasteiger partial charge >= 0.3 is 12.1 Å². The van der Waals surface area contributed by atoms with Crippen LogP contribution in [0.25, 0.3) is 0 Å². The standard InChI is InChI=1S/C9H16F3NO3/c1-8(2,7(14)15)13-4-3-5-16-6-9(10,11)12/h13H,3-6H2,1-2H3,(H,14,15). The molecule has 0 heterocycles. The Bertz CT molecular complexity index is 229. The fraction of sp³-hybridized carbons (Fsp3) is 0.889. The van der Waals surface area contributed by atoms with E-state index in [0.717, 1.165) is 0 Å². The van der Waals surface area contributed by atoms with Crippen LogP contribution in [0, 0.1) is 0 Å². The average Bonchev–Trinajstić information content (AvgIpc) is 2.09. The lowest BCUT2D eigenvalue weighted by molar-refractivity contribution is -0.174. The fourth-order valence-corrected chi connectivity index (χ4v) is 0.839. The van der Waals surface area contributed by atoms with Gasteiger partial charge in [-0.1, -0.05) is 0 Å². The van der Waals surface area contributed by atoms with Gasteiger partial charge in [-0.15, -0.1) is 0 Å². The smallest absolute Gasteiger partial charge is 0.411 e. The SMILES string of the molecule is CC(C)(NCCCOCC(F)(F)F)C(=O)O. The van der Waals surface area contributed by atoms with Crippen LogP contribution in [0.2, 0.25) is 0 Å². The number of carbonyl (C=O) groups is 1. The van der Waals surface area contributed by atoms with Gasteiger partial charge in [0.05, 0.1) is 0 Å². The number of ether oxygens (including phenoxy) is 1. The summed E-state index contributed by atoms with van der Waals surface area (Å²) in [6.45, 7) is 1.92. The van der Waals surface area contributed by atoms with Crippen LogP contribution in [0.4, 0.5) is 13.2 Å². The van der Waals surface area contributed by atoms with E-state index in [-0.39, 0.29) is 13.2 Å². The van der Waals surface area contributed by atoms with Crippen LogP contribution in [-0.2, 0) is 9.53 Å². The second-order valence-corrected chi connectivity index (χ2v) is 3.88. The Morgan fingerprint density at radius 2 is 1.94 bits per heavy atom. The van der Waals surface area contributed by atoms with Crippen molar-refractivity contribution in [1.82, 2.24) is 5.32 Å². The molecule has 0 radical (unpaired) electrons. The molecule has 0 saturated heterocycles. The first kappa shape index (κ1) is 15.2. The maximum atomic E-state index is 11.6. The second kappa shape index (κ2) is 6.05. The Balaban J connectivity index is 3.52. The lowest BCUT2D eigenvalue weighted by Crippen LogP contribution is -2.47. The van der Waals surface area contributed by atoms with Gasteiger partial charge in [0.1, 0.15) is 12.1 Å². The van der Waals surface area contributed by atoms with Gasteiger partial charge in [-0.3, -0.25) is 4.79 Å². The van der Waals surface area contributed by atoms with Crippen molar-refractivity contribution in [3.63, 3.8) is 0 Å². The first-order chi connectivity index (χ1) is 7.15. The summed E-state index contributed by atoms with van der Waals surface area (Å²) in [6, 6.07) is 0. The maximum Gasteiger partial charge on any atom is 0.411 e. The molecule has 0 aliphatic carbocycles. The topological polar surface area (TPSA) is 58.6 Å². The molecule has 0 aliphatic heterocycles. The first-order valence-electron chi connectivity index (χ1n) is 4.78. The third-order valence-electron chi connectivity index (χ3n) is 1.83. The zero-order chi connectivity index (χ0) is 12.8. The Labute approximate surface area is 91.8 Å². The van der Waals surface area contributed by atoms with E-state index in [1.807, 2.05) is 0 Å². The number of alkyl halides is 3. The summed E-state index contributed by atoms with van der Waals surface area (Å²) in [6.07, 6.45) is -3.99. The molecule has 0 aromatic heterocycles. The molecule has 0 saturated carbocycles. The molecule has 0 atom stereocenters. The van der Waals surface area contributed by atoms with E-state index in [0.29, 0.717) is 6.42 Å². The highest BCUT2D eigenvalue weighted by molar-refractivity contribution is 5.77. The summed E-state index contributed by atoms with van der Waals surface area (Å²) in [5, 5.41) is 11.4. The van der Waals surface area contributed by atoms with E-state index in [1.165, 1.54) is 13.8 Å². The van der Waals surface area contributed by atoms with Crippen LogP contribution in [0.3, 0.4) is 0 Å². The predicted octanol–water partition coefficient (Wildman–Crippen LogP) is 1.41. The van der Waals surface area contributed by atoms with Crippen molar-refractivity contribution in [2.24, 2.45) is 0 Å². The highest BCUT2D eigenvalue weighted by Crippen LogP contribution is 2.14. The Kier molecular flexibility index (Phi) is 5.74. The molecule has 0 unspecified atom stereocenters. The third kappa shape index (κ3) is 7.47. The predicted molar refractivity (Wildman–Crippen MR) is 51.2 cm³/mol. The van der Waals surface area contributed by atoms with Crippen LogP contribution in [0.1, 0.15) is 20.3 Å². The molecule has 0 aliphatic rings. The van der Waals surface area contributed by atoms with Crippen molar-refractivity contribution in [1.29, 1.82) is 0 Å². The summed E-state index contributed by atoms with van der Waals surface area (Å²) in [4.78, 5) is 10.6. The normalized spacial score (nSPS) is 12.8. The molecule has 0 aromatic rings. The van der Waals surface area contributed by atoms with Crippen LogP contribution in [-0.4, -0.2) is 42.5 Å². The minimum atomic E-state index is -4.31. The van der Waals surface area contributed by atoms with Crippen LogP contribution >= 0.6 is 0 Å². The van der Waals surface area contributed by atoms with E-state index in [9.17, 15) is 18.0 Å². The monoisotopic (exact) mass is 243 g/mol. The molecule has 4 nitrogen and oxygen atoms in total. The number of nitrogens with one attached hydrogen (secondary N) is 1. The van der Waals surface area contributed by atoms with Crippen LogP contribution in [0.15, 0.2) is 0 Å². The Morgan fingerprint density at radius 3 is 2.38 bits per heavy atom. The van der Waals surface area contributed by atoms with Gasteiger partial charge in [0.2, 0.25) is 0 Å². The van der Waals surface area contributed by atoms with Gasteiger partial charge in [0, 0.05) is 6.61 Å². The molecule has 0 fully saturated rings. The zero-order valence-electron chi connectivity index (χ0n) is 9.23. The van der Waals surface area contributed by atoms with Gasteiger partial charge in [0.25, 0.3) is 0 Å². The molecule has 0 spiro atoms. The van der Waals surface area contributed by atoms with Crippen molar-refractivity contribution < 1.29 is 27.8 Å². The minimum absolute atomic E-state index is 0.0534. The lowest BCUT2D eigenvalue weighted by Gasteiger charge is -2.20. The highest BCUT2D eigenvalue weighted by Gasteiger charge is 2.27. The van der Waals surface area contributed by atoms with Gasteiger partial charge < -0.3 is 15.2 Å². The largest absolute Gasteiger partial charge is 0.480 e. The number of rotatable bonds is 7. The zero-order valence-corrected chi connectivity index (χ0v) is 9.23. The van der Waals surface area contributed by atoms with Crippen LogP contribution < -0.4 is 5.32 Å². The summed E-state index contributed by atoms with van der Waals surface area (Å²) in [5.74, 6) is -1.01. The van der Waals surface area contributed by atoms with Crippen molar-refractivity contribution >= 4 is 5.97 Å². The molecule has 0 aromatic carbocycles. The molecule has 96 valence electrons. The quantitative estimate of drug-likeness (QED) is 0.664. The van der Waals surface area contributed by atoms with E-state index < -0.39 is 24.3 Å². The number of halogens is 3. The molecular formula is C9H16F3NO3. The molecule has 0 amide bonds. The molecule has 0 bridgehead atoms. The summed E-state index contributed by atoms with van der Waals surface area (Å²) in [5.41, 5.74) is -1.08. The Morgan fingerprint density at radius 1 is 1.38 bits per heavy atom. The van der Waals surface area contributed by atoms with Gasteiger partial charge in [-0.2, -0.15) is 13.2 Å². The van der Waals surface area contributed by atoms with Crippen molar-refractivity contribution in [2.45, 2.75) is 32.0 Å². The van der Waals surface area contributed by atoms with E-state index in [1.54, 1.807) is 0 Å². The number of carboxylic acids is 1. The van der Waals surface area contributed by atoms with E-state index >= 15 is 0 Å². The number of aliphatic carboxylic acids is 1. The van der Waals surface area contributed by atoms with Crippen LogP contribution in [0.5, 0.6) is 0 Å². The Hall–Kier alpha value is -0.820. The molecule has 0 rings (SSSR count). The van der Waals surface area contributed by atoms with Crippen molar-refractivity contribution in [2.75, 3.05) is 19.8 Å². The molecule has 2 N–H and O–H groups in total. The van der Waals surface area contributed by atoms with Gasteiger partial charge in [-0.25, -0.2) is 0 Å². The molecule has 16 heavy (non-hydrogen) atoms. The number of carboxylic acid groups (broad SMARTS) is 1. The summed E-state index contributed by atoms with van der Waals surface area (Å²) in [7, 11) is 0. The molecule has 7 heteroatoms. The van der Waals surface area contributed by atoms with E-state index in [2.05, 4.69) is 10.1 Å². The van der Waals surface area contributed by atoms with E-state index in [4.69, 9.17) is 5.11 Å². The first-order valence-corrected chi connectivity index (χ1v) is 4.78. The summed E-state index contributed by atoms with van der Waals surface area (Å²) < 4.78 is 39.3. The second-order valence-electron chi connectivity index (χ2n) is 3.88. The summed E-state index contributed by atoms with van der Waals surface area (Å²) >= 11 is 0. The number of hydrogen-bond donors (Lipinski definition) is 2.